The number of aryl methyl sites for hydroxylation is 2. The lowest BCUT2D eigenvalue weighted by molar-refractivity contribution is -0.118. The third-order valence-electron chi connectivity index (χ3n) is 4.35. The number of aromatic nitrogens is 1. The van der Waals surface area contributed by atoms with Crippen LogP contribution in [0, 0.1) is 6.92 Å². The molecular weight excluding hydrogens is 372 g/mol. The van der Waals surface area contributed by atoms with Crippen molar-refractivity contribution >= 4 is 21.5 Å². The van der Waals surface area contributed by atoms with Crippen molar-refractivity contribution in [2.75, 3.05) is 4.72 Å². The molecule has 1 aromatic heterocycles. The molecule has 144 valence electrons. The number of pyridine rings is 1. The molecule has 0 unspecified atom stereocenters. The monoisotopic (exact) mass is 394 g/mol. The van der Waals surface area contributed by atoms with Gasteiger partial charge in [-0.2, -0.15) is 0 Å². The maximum Gasteiger partial charge on any atom is 0.261 e. The number of rotatable bonds is 8. The topological polar surface area (TPSA) is 76.1 Å². The van der Waals surface area contributed by atoms with Crippen LogP contribution in [0.1, 0.15) is 23.1 Å². The van der Waals surface area contributed by atoms with E-state index in [1.54, 1.807) is 60.9 Å². The predicted octanol–water partition coefficient (Wildman–Crippen LogP) is 3.94. The first kappa shape index (κ1) is 19.8. The highest BCUT2D eigenvalue weighted by molar-refractivity contribution is 7.92. The molecule has 0 aliphatic carbocycles. The molecule has 0 saturated carbocycles. The SMILES string of the molecule is Cc1ccc(S(=O)(=O)Nc2ccc(CC(=O)CCc3cccnc3)cc2)cc1. The number of Topliss-reactive ketones (excluding diaryl/α,β-unsaturated/α-hetero) is 1. The number of nitrogens with one attached hydrogen (secondary N) is 1. The Hall–Kier alpha value is -2.99. The predicted molar refractivity (Wildman–Crippen MR) is 110 cm³/mol. The Labute approximate surface area is 165 Å². The van der Waals surface area contributed by atoms with E-state index in [0.717, 1.165) is 16.7 Å². The van der Waals surface area contributed by atoms with Crippen LogP contribution >= 0.6 is 0 Å². The van der Waals surface area contributed by atoms with Gasteiger partial charge in [0.2, 0.25) is 0 Å². The average molecular weight is 394 g/mol. The van der Waals surface area contributed by atoms with E-state index < -0.39 is 10.0 Å². The normalized spacial score (nSPS) is 11.2. The van der Waals surface area contributed by atoms with Crippen molar-refractivity contribution in [3.05, 3.63) is 89.7 Å². The molecule has 6 heteroatoms. The Morgan fingerprint density at radius 3 is 2.32 bits per heavy atom. The highest BCUT2D eigenvalue weighted by atomic mass is 32.2. The number of hydrogen-bond donors (Lipinski definition) is 1. The molecule has 0 amide bonds. The average Bonchev–Trinajstić information content (AvgIpc) is 2.69. The summed E-state index contributed by atoms with van der Waals surface area (Å²) in [5, 5.41) is 0. The molecule has 1 N–H and O–H groups in total. The largest absolute Gasteiger partial charge is 0.299 e. The van der Waals surface area contributed by atoms with Gasteiger partial charge in [-0.1, -0.05) is 35.9 Å². The zero-order valence-electron chi connectivity index (χ0n) is 15.6. The number of carbonyl (C=O) groups is 1. The molecule has 0 aliphatic rings. The van der Waals surface area contributed by atoms with Gasteiger partial charge < -0.3 is 0 Å². The van der Waals surface area contributed by atoms with Crippen molar-refractivity contribution in [1.29, 1.82) is 0 Å². The van der Waals surface area contributed by atoms with E-state index in [4.69, 9.17) is 0 Å². The highest BCUT2D eigenvalue weighted by Crippen LogP contribution is 2.18. The number of sulfonamides is 1. The number of ketones is 1. The summed E-state index contributed by atoms with van der Waals surface area (Å²) in [5.41, 5.74) is 3.36. The minimum absolute atomic E-state index is 0.136. The molecule has 0 atom stereocenters. The van der Waals surface area contributed by atoms with Crippen molar-refractivity contribution in [3.63, 3.8) is 0 Å². The lowest BCUT2D eigenvalue weighted by Crippen LogP contribution is -2.13. The summed E-state index contributed by atoms with van der Waals surface area (Å²) in [5.74, 6) is 0.136. The zero-order valence-corrected chi connectivity index (χ0v) is 16.4. The van der Waals surface area contributed by atoms with Crippen LogP contribution in [0.4, 0.5) is 5.69 Å². The number of nitrogens with zero attached hydrogens (tertiary/aromatic N) is 1. The molecule has 1 heterocycles. The molecule has 0 spiro atoms. The lowest BCUT2D eigenvalue weighted by atomic mass is 10.0. The highest BCUT2D eigenvalue weighted by Gasteiger charge is 2.14. The molecule has 3 aromatic rings. The van der Waals surface area contributed by atoms with E-state index in [1.807, 2.05) is 19.1 Å². The van der Waals surface area contributed by atoms with Crippen molar-refractivity contribution in [3.8, 4) is 0 Å². The molecule has 0 saturated heterocycles. The van der Waals surface area contributed by atoms with Gasteiger partial charge in [0.15, 0.2) is 0 Å². The Bertz CT molecular complexity index is 1030. The molecule has 5 nitrogen and oxygen atoms in total. The van der Waals surface area contributed by atoms with Crippen LogP contribution in [0.25, 0.3) is 0 Å². The summed E-state index contributed by atoms with van der Waals surface area (Å²) in [6.45, 7) is 1.90. The molecule has 28 heavy (non-hydrogen) atoms. The van der Waals surface area contributed by atoms with Gasteiger partial charge in [0.25, 0.3) is 10.0 Å². The first-order valence-electron chi connectivity index (χ1n) is 9.01. The molecule has 3 rings (SSSR count). The molecule has 0 aliphatic heterocycles. The Balaban J connectivity index is 1.57. The Kier molecular flexibility index (Phi) is 6.21. The van der Waals surface area contributed by atoms with Crippen LogP contribution in [0.15, 0.2) is 78.0 Å². The van der Waals surface area contributed by atoms with Gasteiger partial charge >= 0.3 is 0 Å². The van der Waals surface area contributed by atoms with Gasteiger partial charge in [-0.3, -0.25) is 14.5 Å². The van der Waals surface area contributed by atoms with E-state index in [2.05, 4.69) is 9.71 Å². The second kappa shape index (κ2) is 8.80. The summed E-state index contributed by atoms with van der Waals surface area (Å²) in [6, 6.07) is 17.4. The zero-order chi connectivity index (χ0) is 20.0. The standard InChI is InChI=1S/C22H22N2O3S/c1-17-4-12-22(13-5-17)28(26,27)24-20-9-6-18(7-10-20)15-21(25)11-8-19-3-2-14-23-16-19/h2-7,9-10,12-14,16,24H,8,11,15H2,1H3. The minimum Gasteiger partial charge on any atom is -0.299 e. The van der Waals surface area contributed by atoms with E-state index >= 15 is 0 Å². The number of hydrogen-bond acceptors (Lipinski definition) is 4. The van der Waals surface area contributed by atoms with Gasteiger partial charge in [-0.15, -0.1) is 0 Å². The third kappa shape index (κ3) is 5.50. The molecule has 0 fully saturated rings. The molecule has 0 radical (unpaired) electrons. The second-order valence-electron chi connectivity index (χ2n) is 6.69. The summed E-state index contributed by atoms with van der Waals surface area (Å²) in [6.07, 6.45) is 4.92. The van der Waals surface area contributed by atoms with Crippen LogP contribution < -0.4 is 4.72 Å². The van der Waals surface area contributed by atoms with Crippen LogP contribution in [0.3, 0.4) is 0 Å². The number of benzene rings is 2. The second-order valence-corrected chi connectivity index (χ2v) is 8.37. The minimum atomic E-state index is -3.63. The van der Waals surface area contributed by atoms with Crippen LogP contribution in [0.5, 0.6) is 0 Å². The van der Waals surface area contributed by atoms with Crippen molar-refractivity contribution in [2.24, 2.45) is 0 Å². The van der Waals surface area contributed by atoms with Crippen LogP contribution in [0.2, 0.25) is 0 Å². The lowest BCUT2D eigenvalue weighted by Gasteiger charge is -2.09. The Morgan fingerprint density at radius 1 is 0.964 bits per heavy atom. The first-order chi connectivity index (χ1) is 13.4. The van der Waals surface area contributed by atoms with E-state index in [-0.39, 0.29) is 10.7 Å². The maximum absolute atomic E-state index is 12.4. The fraction of sp³-hybridized carbons (Fsp3) is 0.182. The first-order valence-corrected chi connectivity index (χ1v) is 10.5. The molecule has 2 aromatic carbocycles. The van der Waals surface area contributed by atoms with E-state index in [0.29, 0.717) is 24.9 Å². The molecular formula is C22H22N2O3S. The third-order valence-corrected chi connectivity index (χ3v) is 5.75. The Morgan fingerprint density at radius 2 is 1.68 bits per heavy atom. The van der Waals surface area contributed by atoms with E-state index in [9.17, 15) is 13.2 Å². The van der Waals surface area contributed by atoms with Crippen molar-refractivity contribution in [1.82, 2.24) is 4.98 Å². The number of anilines is 1. The quantitative estimate of drug-likeness (QED) is 0.628. The summed E-state index contributed by atoms with van der Waals surface area (Å²) in [4.78, 5) is 16.4. The summed E-state index contributed by atoms with van der Waals surface area (Å²) in [7, 11) is -3.63. The maximum atomic E-state index is 12.4. The number of carbonyl (C=O) groups excluding carboxylic acids is 1. The van der Waals surface area contributed by atoms with Gasteiger partial charge in [0.05, 0.1) is 4.90 Å². The fourth-order valence-corrected chi connectivity index (χ4v) is 3.83. The van der Waals surface area contributed by atoms with Gasteiger partial charge in [-0.05, 0) is 54.8 Å². The molecule has 0 bridgehead atoms. The smallest absolute Gasteiger partial charge is 0.261 e. The van der Waals surface area contributed by atoms with E-state index in [1.165, 1.54) is 0 Å². The summed E-state index contributed by atoms with van der Waals surface area (Å²) >= 11 is 0. The van der Waals surface area contributed by atoms with Crippen LogP contribution in [-0.2, 0) is 27.7 Å². The fourth-order valence-electron chi connectivity index (χ4n) is 2.77. The van der Waals surface area contributed by atoms with Gasteiger partial charge in [0, 0.05) is 30.9 Å². The van der Waals surface area contributed by atoms with Crippen LogP contribution in [-0.4, -0.2) is 19.2 Å². The van der Waals surface area contributed by atoms with Crippen molar-refractivity contribution < 1.29 is 13.2 Å². The van der Waals surface area contributed by atoms with Gasteiger partial charge in [0.1, 0.15) is 5.78 Å². The van der Waals surface area contributed by atoms with Crippen molar-refractivity contribution in [2.45, 2.75) is 31.1 Å². The summed E-state index contributed by atoms with van der Waals surface area (Å²) < 4.78 is 27.4. The van der Waals surface area contributed by atoms with Gasteiger partial charge in [-0.25, -0.2) is 8.42 Å².